The summed E-state index contributed by atoms with van der Waals surface area (Å²) in [5, 5.41) is 0. The minimum atomic E-state index is 0.505. The maximum Gasteiger partial charge on any atom is 0.136 e. The van der Waals surface area contributed by atoms with Gasteiger partial charge in [0.2, 0.25) is 0 Å². The van der Waals surface area contributed by atoms with Crippen molar-refractivity contribution < 1.29 is 4.79 Å². The van der Waals surface area contributed by atoms with Crippen LogP contribution in [0.5, 0.6) is 0 Å². The lowest BCUT2D eigenvalue weighted by molar-refractivity contribution is -0.129. The molecule has 0 aromatic carbocycles. The van der Waals surface area contributed by atoms with Crippen LogP contribution in [0, 0.1) is 17.3 Å². The van der Waals surface area contributed by atoms with Gasteiger partial charge in [-0.05, 0) is 49.9 Å². The molecule has 0 aliphatic heterocycles. The van der Waals surface area contributed by atoms with Crippen molar-refractivity contribution in [3.05, 3.63) is 0 Å². The third kappa shape index (κ3) is 0.725. The molecule has 3 unspecified atom stereocenters. The topological polar surface area (TPSA) is 17.1 Å². The molecule has 3 saturated carbocycles. The quantitative estimate of drug-likeness (QED) is 0.537. The molecule has 1 heteroatoms. The molecule has 3 fully saturated rings. The van der Waals surface area contributed by atoms with Gasteiger partial charge < -0.3 is 0 Å². The summed E-state index contributed by atoms with van der Waals surface area (Å²) >= 11 is 0. The van der Waals surface area contributed by atoms with Crippen LogP contribution in [0.4, 0.5) is 0 Å². The van der Waals surface area contributed by atoms with Crippen molar-refractivity contribution in [1.82, 2.24) is 0 Å². The van der Waals surface area contributed by atoms with Crippen LogP contribution in [-0.4, -0.2) is 5.78 Å². The highest BCUT2D eigenvalue weighted by Crippen LogP contribution is 2.62. The second-order valence-electron chi connectivity index (χ2n) is 5.08. The summed E-state index contributed by atoms with van der Waals surface area (Å²) in [6, 6.07) is 0. The number of rotatable bonds is 0. The molecule has 0 aromatic rings. The van der Waals surface area contributed by atoms with E-state index in [1.807, 2.05) is 0 Å². The molecule has 0 saturated heterocycles. The van der Waals surface area contributed by atoms with Crippen LogP contribution in [0.25, 0.3) is 0 Å². The summed E-state index contributed by atoms with van der Waals surface area (Å²) in [6.07, 6.45) is 8.86. The fraction of sp³-hybridized carbons (Fsp3) is 0.909. The number of fused-ring (bicyclic) bond motifs is 1. The molecule has 12 heavy (non-hydrogen) atoms. The molecular weight excluding hydrogens is 148 g/mol. The third-order valence-electron chi connectivity index (χ3n) is 4.54. The van der Waals surface area contributed by atoms with Crippen LogP contribution in [-0.2, 0) is 4.79 Å². The summed E-state index contributed by atoms with van der Waals surface area (Å²) in [7, 11) is 0. The van der Waals surface area contributed by atoms with Crippen LogP contribution < -0.4 is 0 Å². The number of hydrogen-bond acceptors (Lipinski definition) is 1. The largest absolute Gasteiger partial charge is 0.299 e. The fourth-order valence-corrected chi connectivity index (χ4v) is 4.03. The van der Waals surface area contributed by atoms with E-state index in [4.69, 9.17) is 0 Å². The highest BCUT2D eigenvalue weighted by molar-refractivity contribution is 5.83. The Hall–Kier alpha value is -0.330. The molecule has 3 rings (SSSR count). The number of carbonyl (C=O) groups excluding carboxylic acids is 1. The van der Waals surface area contributed by atoms with Gasteiger partial charge in [0.25, 0.3) is 0 Å². The predicted octanol–water partition coefficient (Wildman–Crippen LogP) is 2.55. The zero-order chi connectivity index (χ0) is 8.18. The van der Waals surface area contributed by atoms with E-state index in [-0.39, 0.29) is 0 Å². The Bertz CT molecular complexity index is 233. The Balaban J connectivity index is 1.97. The lowest BCUT2D eigenvalue weighted by Gasteiger charge is -2.38. The maximum atomic E-state index is 11.7. The molecule has 0 radical (unpaired) electrons. The molecule has 66 valence electrons. The molecule has 0 aromatic heterocycles. The molecule has 3 atom stereocenters. The number of Topliss-reactive ketones (excluding diaryl/α,β-unsaturated/α-hetero) is 1. The van der Waals surface area contributed by atoms with Crippen LogP contribution >= 0.6 is 0 Å². The van der Waals surface area contributed by atoms with E-state index < -0.39 is 0 Å². The van der Waals surface area contributed by atoms with Gasteiger partial charge in [-0.3, -0.25) is 4.79 Å². The molecule has 1 spiro atoms. The number of ketones is 1. The summed E-state index contributed by atoms with van der Waals surface area (Å²) in [5.41, 5.74) is 0.528. The minimum Gasteiger partial charge on any atom is -0.299 e. The third-order valence-corrected chi connectivity index (χ3v) is 4.54. The minimum absolute atomic E-state index is 0.505. The van der Waals surface area contributed by atoms with E-state index in [0.717, 1.165) is 12.3 Å². The SMILES string of the molecule is O=C1CCCC23CCC(CC12)C3. The van der Waals surface area contributed by atoms with Gasteiger partial charge in [0, 0.05) is 12.3 Å². The van der Waals surface area contributed by atoms with Crippen LogP contribution in [0.15, 0.2) is 0 Å². The van der Waals surface area contributed by atoms with Crippen LogP contribution in [0.2, 0.25) is 0 Å². The van der Waals surface area contributed by atoms with E-state index >= 15 is 0 Å². The van der Waals surface area contributed by atoms with Crippen molar-refractivity contribution in [3.8, 4) is 0 Å². The van der Waals surface area contributed by atoms with E-state index in [1.165, 1.54) is 38.5 Å². The second kappa shape index (κ2) is 2.12. The molecule has 0 N–H and O–H groups in total. The summed E-state index contributed by atoms with van der Waals surface area (Å²) in [5.74, 6) is 2.03. The van der Waals surface area contributed by atoms with Gasteiger partial charge in [0.1, 0.15) is 5.78 Å². The fourth-order valence-electron chi connectivity index (χ4n) is 4.03. The Morgan fingerprint density at radius 1 is 1.33 bits per heavy atom. The summed E-state index contributed by atoms with van der Waals surface area (Å²) in [6.45, 7) is 0. The first-order chi connectivity index (χ1) is 5.80. The lowest BCUT2D eigenvalue weighted by Crippen LogP contribution is -2.35. The van der Waals surface area contributed by atoms with E-state index in [2.05, 4.69) is 0 Å². The Morgan fingerprint density at radius 2 is 2.25 bits per heavy atom. The first kappa shape index (κ1) is 7.11. The van der Waals surface area contributed by atoms with Crippen molar-refractivity contribution >= 4 is 5.78 Å². The molecule has 0 heterocycles. The average molecular weight is 164 g/mol. The van der Waals surface area contributed by atoms with Gasteiger partial charge in [-0.1, -0.05) is 0 Å². The van der Waals surface area contributed by atoms with Crippen molar-refractivity contribution in [1.29, 1.82) is 0 Å². The molecule has 1 nitrogen and oxygen atoms in total. The van der Waals surface area contributed by atoms with Crippen molar-refractivity contribution in [3.63, 3.8) is 0 Å². The van der Waals surface area contributed by atoms with Crippen molar-refractivity contribution in [2.45, 2.75) is 44.9 Å². The zero-order valence-corrected chi connectivity index (χ0v) is 7.51. The first-order valence-electron chi connectivity index (χ1n) is 5.33. The normalized spacial score (nSPS) is 51.2. The highest BCUT2D eigenvalue weighted by Gasteiger charge is 2.55. The highest BCUT2D eigenvalue weighted by atomic mass is 16.1. The smallest absolute Gasteiger partial charge is 0.136 e. The van der Waals surface area contributed by atoms with Crippen LogP contribution in [0.1, 0.15) is 44.9 Å². The average Bonchev–Trinajstić information content (AvgIpc) is 2.60. The zero-order valence-electron chi connectivity index (χ0n) is 7.51. The van der Waals surface area contributed by atoms with Gasteiger partial charge in [0.05, 0.1) is 0 Å². The maximum absolute atomic E-state index is 11.7. The monoisotopic (exact) mass is 164 g/mol. The van der Waals surface area contributed by atoms with Gasteiger partial charge in [-0.25, -0.2) is 0 Å². The lowest BCUT2D eigenvalue weighted by atomic mass is 9.66. The molecule has 3 aliphatic carbocycles. The van der Waals surface area contributed by atoms with Gasteiger partial charge >= 0.3 is 0 Å². The van der Waals surface area contributed by atoms with Crippen LogP contribution in [0.3, 0.4) is 0 Å². The first-order valence-corrected chi connectivity index (χ1v) is 5.33. The number of hydrogen-bond donors (Lipinski definition) is 0. The van der Waals surface area contributed by atoms with Crippen molar-refractivity contribution in [2.24, 2.45) is 17.3 Å². The van der Waals surface area contributed by atoms with Gasteiger partial charge in [-0.2, -0.15) is 0 Å². The Kier molecular flexibility index (Phi) is 1.26. The second-order valence-corrected chi connectivity index (χ2v) is 5.08. The molecule has 3 aliphatic rings. The van der Waals surface area contributed by atoms with E-state index in [1.54, 1.807) is 0 Å². The number of carbonyl (C=O) groups is 1. The molecule has 2 bridgehead atoms. The Labute approximate surface area is 73.5 Å². The predicted molar refractivity (Wildman–Crippen MR) is 46.7 cm³/mol. The summed E-state index contributed by atoms with van der Waals surface area (Å²) in [4.78, 5) is 11.7. The van der Waals surface area contributed by atoms with E-state index in [0.29, 0.717) is 17.1 Å². The Morgan fingerprint density at radius 3 is 3.00 bits per heavy atom. The van der Waals surface area contributed by atoms with Gasteiger partial charge in [0.15, 0.2) is 0 Å². The molecular formula is C11H16O. The summed E-state index contributed by atoms with van der Waals surface area (Å²) < 4.78 is 0. The standard InChI is InChI=1S/C11H16O/c12-10-2-1-4-11-5-3-8(7-11)6-9(10)11/h8-9H,1-7H2. The molecule has 0 amide bonds. The van der Waals surface area contributed by atoms with Gasteiger partial charge in [-0.15, -0.1) is 0 Å². The van der Waals surface area contributed by atoms with Crippen molar-refractivity contribution in [2.75, 3.05) is 0 Å². The van der Waals surface area contributed by atoms with E-state index in [9.17, 15) is 4.79 Å².